The lowest BCUT2D eigenvalue weighted by Crippen LogP contribution is -2.50. The lowest BCUT2D eigenvalue weighted by Gasteiger charge is -2.38. The lowest BCUT2D eigenvalue weighted by molar-refractivity contribution is 0.104. The summed E-state index contributed by atoms with van der Waals surface area (Å²) in [4.78, 5) is 5.43. The van der Waals surface area contributed by atoms with Crippen molar-refractivity contribution in [3.05, 3.63) is 0 Å². The Kier molecular flexibility index (Phi) is 3.89. The van der Waals surface area contributed by atoms with Crippen molar-refractivity contribution >= 4 is 0 Å². The molecule has 1 heterocycles. The molecule has 0 amide bonds. The third-order valence-corrected chi connectivity index (χ3v) is 5.75. The van der Waals surface area contributed by atoms with Crippen LogP contribution in [0.1, 0.15) is 39.5 Å². The van der Waals surface area contributed by atoms with Crippen molar-refractivity contribution in [3.8, 4) is 0 Å². The molecular formula is C16H31N3. The average molecular weight is 265 g/mol. The van der Waals surface area contributed by atoms with E-state index in [1.54, 1.807) is 0 Å². The molecule has 19 heavy (non-hydrogen) atoms. The number of hydrogen-bond donors (Lipinski definition) is 1. The van der Waals surface area contributed by atoms with E-state index in [2.05, 4.69) is 36.0 Å². The molecule has 2 aliphatic carbocycles. The highest BCUT2D eigenvalue weighted by atomic mass is 15.3. The fourth-order valence-corrected chi connectivity index (χ4v) is 4.42. The molecule has 0 radical (unpaired) electrons. The van der Waals surface area contributed by atoms with Gasteiger partial charge in [-0.3, -0.25) is 4.90 Å². The van der Waals surface area contributed by atoms with Gasteiger partial charge in [0.15, 0.2) is 0 Å². The molecular weight excluding hydrogens is 234 g/mol. The van der Waals surface area contributed by atoms with Gasteiger partial charge in [-0.25, -0.2) is 0 Å². The minimum atomic E-state index is 0.481. The highest BCUT2D eigenvalue weighted by Gasteiger charge is 2.41. The van der Waals surface area contributed by atoms with E-state index in [1.807, 2.05) is 0 Å². The Morgan fingerprint density at radius 1 is 1.05 bits per heavy atom. The van der Waals surface area contributed by atoms with Gasteiger partial charge in [0.2, 0.25) is 0 Å². The van der Waals surface area contributed by atoms with E-state index in [-0.39, 0.29) is 0 Å². The Labute approximate surface area is 118 Å². The topological polar surface area (TPSA) is 18.5 Å². The average Bonchev–Trinajstić information content (AvgIpc) is 3.17. The fourth-order valence-electron chi connectivity index (χ4n) is 4.42. The fraction of sp³-hybridized carbons (Fsp3) is 1.00. The smallest absolute Gasteiger partial charge is 0.0156 e. The summed E-state index contributed by atoms with van der Waals surface area (Å²) in [5, 5.41) is 3.59. The molecule has 0 aromatic carbocycles. The van der Waals surface area contributed by atoms with Gasteiger partial charge in [0, 0.05) is 44.8 Å². The predicted molar refractivity (Wildman–Crippen MR) is 80.4 cm³/mol. The second-order valence-electron chi connectivity index (χ2n) is 7.62. The Bertz CT molecular complexity index is 303. The van der Waals surface area contributed by atoms with Gasteiger partial charge in [-0.15, -0.1) is 0 Å². The minimum absolute atomic E-state index is 0.481. The molecule has 3 fully saturated rings. The molecule has 0 aromatic rings. The predicted octanol–water partition coefficient (Wildman–Crippen LogP) is 1.79. The van der Waals surface area contributed by atoms with Gasteiger partial charge in [-0.1, -0.05) is 13.8 Å². The van der Waals surface area contributed by atoms with Crippen molar-refractivity contribution in [2.75, 3.05) is 39.8 Å². The van der Waals surface area contributed by atoms with Gasteiger partial charge in [-0.05, 0) is 44.1 Å². The first-order valence-corrected chi connectivity index (χ1v) is 8.24. The van der Waals surface area contributed by atoms with Crippen LogP contribution < -0.4 is 5.32 Å². The molecule has 0 spiro atoms. The Hall–Kier alpha value is -0.120. The summed E-state index contributed by atoms with van der Waals surface area (Å²) in [7, 11) is 2.15. The van der Waals surface area contributed by atoms with E-state index in [1.165, 1.54) is 58.4 Å². The van der Waals surface area contributed by atoms with Crippen molar-refractivity contribution in [1.29, 1.82) is 0 Å². The molecule has 2 atom stereocenters. The Balaban J connectivity index is 1.49. The molecule has 2 unspecified atom stereocenters. The highest BCUT2D eigenvalue weighted by molar-refractivity contribution is 4.97. The van der Waals surface area contributed by atoms with Crippen LogP contribution in [0.5, 0.6) is 0 Å². The number of piperazine rings is 1. The van der Waals surface area contributed by atoms with Crippen LogP contribution in [0.3, 0.4) is 0 Å². The maximum atomic E-state index is 3.59. The molecule has 3 nitrogen and oxygen atoms in total. The van der Waals surface area contributed by atoms with E-state index in [0.717, 1.165) is 12.0 Å². The van der Waals surface area contributed by atoms with Gasteiger partial charge in [0.05, 0.1) is 0 Å². The van der Waals surface area contributed by atoms with Crippen LogP contribution in [-0.2, 0) is 0 Å². The summed E-state index contributed by atoms with van der Waals surface area (Å²) in [6, 6.07) is 1.66. The minimum Gasteiger partial charge on any atom is -0.316 e. The first-order valence-electron chi connectivity index (χ1n) is 8.24. The molecule has 1 N–H and O–H groups in total. The van der Waals surface area contributed by atoms with E-state index in [0.29, 0.717) is 11.5 Å². The van der Waals surface area contributed by atoms with Crippen LogP contribution in [0, 0.1) is 11.3 Å². The zero-order valence-electron chi connectivity index (χ0n) is 13.0. The summed E-state index contributed by atoms with van der Waals surface area (Å²) >= 11 is 0. The van der Waals surface area contributed by atoms with Gasteiger partial charge < -0.3 is 10.2 Å². The van der Waals surface area contributed by atoms with Crippen LogP contribution >= 0.6 is 0 Å². The SMILES string of the molecule is CNC1C(CN2CCN(C3CC3)CC2)CCC1(C)C. The molecule has 1 aliphatic heterocycles. The quantitative estimate of drug-likeness (QED) is 0.836. The molecule has 0 aromatic heterocycles. The molecule has 2 saturated carbocycles. The largest absolute Gasteiger partial charge is 0.316 e. The highest BCUT2D eigenvalue weighted by Crippen LogP contribution is 2.41. The monoisotopic (exact) mass is 265 g/mol. The van der Waals surface area contributed by atoms with Gasteiger partial charge in [-0.2, -0.15) is 0 Å². The van der Waals surface area contributed by atoms with Gasteiger partial charge in [0.25, 0.3) is 0 Å². The maximum absolute atomic E-state index is 3.59. The molecule has 110 valence electrons. The molecule has 3 aliphatic rings. The van der Waals surface area contributed by atoms with E-state index < -0.39 is 0 Å². The second kappa shape index (κ2) is 5.34. The van der Waals surface area contributed by atoms with Crippen molar-refractivity contribution in [1.82, 2.24) is 15.1 Å². The van der Waals surface area contributed by atoms with Gasteiger partial charge >= 0.3 is 0 Å². The number of nitrogens with one attached hydrogen (secondary N) is 1. The Morgan fingerprint density at radius 2 is 1.74 bits per heavy atom. The zero-order chi connectivity index (χ0) is 13.5. The van der Waals surface area contributed by atoms with Crippen molar-refractivity contribution < 1.29 is 0 Å². The van der Waals surface area contributed by atoms with Crippen LogP contribution in [0.4, 0.5) is 0 Å². The lowest BCUT2D eigenvalue weighted by atomic mass is 9.85. The van der Waals surface area contributed by atoms with Crippen LogP contribution in [-0.4, -0.2) is 61.7 Å². The standard InChI is InChI=1S/C16H31N3/c1-16(2)7-6-13(15(16)17-3)12-18-8-10-19(11-9-18)14-4-5-14/h13-15,17H,4-12H2,1-3H3. The third kappa shape index (κ3) is 2.98. The van der Waals surface area contributed by atoms with E-state index >= 15 is 0 Å². The number of hydrogen-bond acceptors (Lipinski definition) is 3. The first-order chi connectivity index (χ1) is 9.10. The summed E-state index contributed by atoms with van der Waals surface area (Å²) in [5.74, 6) is 0.854. The van der Waals surface area contributed by atoms with Crippen LogP contribution in [0.25, 0.3) is 0 Å². The number of nitrogens with zero attached hydrogens (tertiary/aromatic N) is 2. The van der Waals surface area contributed by atoms with E-state index in [9.17, 15) is 0 Å². The van der Waals surface area contributed by atoms with Crippen LogP contribution in [0.15, 0.2) is 0 Å². The van der Waals surface area contributed by atoms with Crippen molar-refractivity contribution in [2.45, 2.75) is 51.6 Å². The third-order valence-electron chi connectivity index (χ3n) is 5.75. The number of rotatable bonds is 4. The summed E-state index contributed by atoms with van der Waals surface area (Å²) in [6.07, 6.45) is 5.70. The summed E-state index contributed by atoms with van der Waals surface area (Å²) < 4.78 is 0. The molecule has 1 saturated heterocycles. The van der Waals surface area contributed by atoms with Gasteiger partial charge in [0.1, 0.15) is 0 Å². The normalized spacial score (nSPS) is 36.8. The maximum Gasteiger partial charge on any atom is 0.0156 e. The summed E-state index contributed by atoms with van der Waals surface area (Å²) in [5.41, 5.74) is 0.481. The van der Waals surface area contributed by atoms with Crippen molar-refractivity contribution in [3.63, 3.8) is 0 Å². The van der Waals surface area contributed by atoms with Crippen molar-refractivity contribution in [2.24, 2.45) is 11.3 Å². The second-order valence-corrected chi connectivity index (χ2v) is 7.62. The Morgan fingerprint density at radius 3 is 2.32 bits per heavy atom. The zero-order valence-corrected chi connectivity index (χ0v) is 13.0. The first kappa shape index (κ1) is 13.8. The molecule has 3 heteroatoms. The van der Waals surface area contributed by atoms with Crippen LogP contribution in [0.2, 0.25) is 0 Å². The molecule has 3 rings (SSSR count). The molecule has 0 bridgehead atoms. The van der Waals surface area contributed by atoms with E-state index in [4.69, 9.17) is 0 Å². The summed E-state index contributed by atoms with van der Waals surface area (Å²) in [6.45, 7) is 11.4.